The van der Waals surface area contributed by atoms with Gasteiger partial charge in [0.15, 0.2) is 0 Å². The molecule has 0 atom stereocenters. The summed E-state index contributed by atoms with van der Waals surface area (Å²) >= 11 is 0. The Kier molecular flexibility index (Phi) is 5.09. The highest BCUT2D eigenvalue weighted by Gasteiger charge is 2.19. The minimum atomic E-state index is -0.360. The summed E-state index contributed by atoms with van der Waals surface area (Å²) in [6, 6.07) is 11.3. The molecule has 0 fully saturated rings. The molecule has 28 heavy (non-hydrogen) atoms. The number of rotatable bonds is 5. The van der Waals surface area contributed by atoms with Crippen molar-refractivity contribution in [3.63, 3.8) is 0 Å². The number of H-pyrrole nitrogens is 1. The molecular weight excluding hydrogens is 361 g/mol. The Balaban J connectivity index is 1.42. The third-order valence-electron chi connectivity index (χ3n) is 4.43. The van der Waals surface area contributed by atoms with Crippen molar-refractivity contribution >= 4 is 17.4 Å². The first-order valence-electron chi connectivity index (χ1n) is 8.96. The molecule has 1 aliphatic rings. The standard InChI is InChI=1S/C20H20FN5O2/c21-15-3-1-2-14(8-15)10-23-20(27)25-16-4-5-19-18(9-16)26(6-7-28-19)12-17-11-22-13-24-17/h1-5,8-9,11,13H,6-7,10,12H2,(H,22,24)(H2,23,25,27). The Hall–Kier alpha value is -3.55. The van der Waals surface area contributed by atoms with E-state index >= 15 is 0 Å². The number of amides is 2. The van der Waals surface area contributed by atoms with Crippen LogP contribution in [0, 0.1) is 5.82 Å². The third kappa shape index (κ3) is 4.22. The lowest BCUT2D eigenvalue weighted by Crippen LogP contribution is -2.32. The van der Waals surface area contributed by atoms with Crippen LogP contribution in [0.3, 0.4) is 0 Å². The number of halogens is 1. The SMILES string of the molecule is O=C(NCc1cccc(F)c1)Nc1ccc2c(c1)N(Cc1cnc[nH]1)CCO2. The second-order valence-electron chi connectivity index (χ2n) is 6.47. The Morgan fingerprint density at radius 2 is 2.21 bits per heavy atom. The van der Waals surface area contributed by atoms with Crippen molar-refractivity contribution in [3.05, 3.63) is 72.1 Å². The van der Waals surface area contributed by atoms with Crippen LogP contribution in [0.25, 0.3) is 0 Å². The second kappa shape index (κ2) is 7.99. The van der Waals surface area contributed by atoms with Crippen LogP contribution in [0.15, 0.2) is 55.0 Å². The highest BCUT2D eigenvalue weighted by Crippen LogP contribution is 2.34. The Labute approximate surface area is 161 Å². The first-order valence-corrected chi connectivity index (χ1v) is 8.96. The summed E-state index contributed by atoms with van der Waals surface area (Å²) in [4.78, 5) is 21.5. The van der Waals surface area contributed by atoms with Crippen molar-refractivity contribution in [2.45, 2.75) is 13.1 Å². The highest BCUT2D eigenvalue weighted by atomic mass is 19.1. The van der Waals surface area contributed by atoms with Crippen LogP contribution in [0.5, 0.6) is 5.75 Å². The van der Waals surface area contributed by atoms with Crippen LogP contribution in [0.2, 0.25) is 0 Å². The third-order valence-corrected chi connectivity index (χ3v) is 4.43. The van der Waals surface area contributed by atoms with Crippen LogP contribution >= 0.6 is 0 Å². The molecule has 144 valence electrons. The first kappa shape index (κ1) is 17.8. The highest BCUT2D eigenvalue weighted by molar-refractivity contribution is 5.90. The quantitative estimate of drug-likeness (QED) is 0.634. The largest absolute Gasteiger partial charge is 0.490 e. The molecule has 4 rings (SSSR count). The van der Waals surface area contributed by atoms with Gasteiger partial charge < -0.3 is 25.3 Å². The number of hydrogen-bond acceptors (Lipinski definition) is 4. The van der Waals surface area contributed by atoms with Gasteiger partial charge in [0, 0.05) is 18.4 Å². The number of hydrogen-bond donors (Lipinski definition) is 3. The summed E-state index contributed by atoms with van der Waals surface area (Å²) in [6.45, 7) is 2.25. The first-order chi connectivity index (χ1) is 13.7. The summed E-state index contributed by atoms with van der Waals surface area (Å²) in [5, 5.41) is 5.54. The van der Waals surface area contributed by atoms with Gasteiger partial charge in [0.2, 0.25) is 0 Å². The number of aromatic amines is 1. The maximum absolute atomic E-state index is 13.2. The summed E-state index contributed by atoms with van der Waals surface area (Å²) in [6.07, 6.45) is 3.44. The van der Waals surface area contributed by atoms with Gasteiger partial charge >= 0.3 is 6.03 Å². The molecule has 2 heterocycles. The molecule has 1 aliphatic heterocycles. The van der Waals surface area contributed by atoms with Crippen LogP contribution in [0.1, 0.15) is 11.3 Å². The van der Waals surface area contributed by atoms with Gasteiger partial charge in [-0.2, -0.15) is 0 Å². The number of fused-ring (bicyclic) bond motifs is 1. The van der Waals surface area contributed by atoms with Crippen LogP contribution in [-0.4, -0.2) is 29.2 Å². The number of nitrogens with one attached hydrogen (secondary N) is 3. The fourth-order valence-corrected chi connectivity index (χ4v) is 3.10. The summed E-state index contributed by atoms with van der Waals surface area (Å²) in [5.74, 6) is 0.447. The van der Waals surface area contributed by atoms with Gasteiger partial charge in [-0.05, 0) is 35.9 Å². The molecule has 2 amide bonds. The molecule has 8 heteroatoms. The number of aromatic nitrogens is 2. The summed E-state index contributed by atoms with van der Waals surface area (Å²) in [5.41, 5.74) is 3.25. The van der Waals surface area contributed by atoms with Gasteiger partial charge in [-0.1, -0.05) is 12.1 Å². The van der Waals surface area contributed by atoms with E-state index in [2.05, 4.69) is 25.5 Å². The average molecular weight is 381 g/mol. The predicted octanol–water partition coefficient (Wildman–Crippen LogP) is 3.27. The number of carbonyl (C=O) groups is 1. The Morgan fingerprint density at radius 3 is 3.04 bits per heavy atom. The average Bonchev–Trinajstić information content (AvgIpc) is 3.20. The van der Waals surface area contributed by atoms with Crippen LogP contribution in [0.4, 0.5) is 20.6 Å². The maximum Gasteiger partial charge on any atom is 0.319 e. The van der Waals surface area contributed by atoms with E-state index in [9.17, 15) is 9.18 Å². The molecule has 7 nitrogen and oxygen atoms in total. The Bertz CT molecular complexity index is 961. The second-order valence-corrected chi connectivity index (χ2v) is 6.47. The molecule has 1 aromatic heterocycles. The Morgan fingerprint density at radius 1 is 1.29 bits per heavy atom. The molecule has 0 saturated carbocycles. The maximum atomic E-state index is 13.2. The van der Waals surface area contributed by atoms with Crippen LogP contribution < -0.4 is 20.3 Å². The van der Waals surface area contributed by atoms with Crippen molar-refractivity contribution < 1.29 is 13.9 Å². The van der Waals surface area contributed by atoms with Gasteiger partial charge in [0.25, 0.3) is 0 Å². The lowest BCUT2D eigenvalue weighted by molar-refractivity contribution is 0.251. The van der Waals surface area contributed by atoms with Crippen molar-refractivity contribution in [1.82, 2.24) is 15.3 Å². The normalized spacial score (nSPS) is 12.8. The number of nitrogens with zero attached hydrogens (tertiary/aromatic N) is 2. The van der Waals surface area contributed by atoms with Gasteiger partial charge in [-0.15, -0.1) is 0 Å². The fourth-order valence-electron chi connectivity index (χ4n) is 3.10. The molecule has 0 saturated heterocycles. The topological polar surface area (TPSA) is 82.3 Å². The van der Waals surface area contributed by atoms with E-state index in [1.54, 1.807) is 30.7 Å². The zero-order chi connectivity index (χ0) is 19.3. The minimum absolute atomic E-state index is 0.240. The van der Waals surface area contributed by atoms with Crippen molar-refractivity contribution in [3.8, 4) is 5.75 Å². The van der Waals surface area contributed by atoms with Crippen molar-refractivity contribution in [2.75, 3.05) is 23.4 Å². The van der Waals surface area contributed by atoms with E-state index in [0.29, 0.717) is 24.4 Å². The molecular formula is C20H20FN5O2. The minimum Gasteiger partial charge on any atom is -0.490 e. The van der Waals surface area contributed by atoms with Crippen LogP contribution in [-0.2, 0) is 13.1 Å². The van der Waals surface area contributed by atoms with Gasteiger partial charge in [0.1, 0.15) is 18.2 Å². The zero-order valence-corrected chi connectivity index (χ0v) is 15.1. The number of carbonyl (C=O) groups excluding carboxylic acids is 1. The van der Waals surface area contributed by atoms with E-state index in [4.69, 9.17) is 4.74 Å². The van der Waals surface area contributed by atoms with Crippen molar-refractivity contribution in [2.24, 2.45) is 0 Å². The summed E-state index contributed by atoms with van der Waals surface area (Å²) < 4.78 is 18.9. The lowest BCUT2D eigenvalue weighted by atomic mass is 10.2. The molecule has 0 aliphatic carbocycles. The summed E-state index contributed by atoms with van der Waals surface area (Å²) in [7, 11) is 0. The number of anilines is 2. The number of imidazole rings is 1. The van der Waals surface area contributed by atoms with Gasteiger partial charge in [-0.25, -0.2) is 14.2 Å². The van der Waals surface area contributed by atoms with E-state index in [0.717, 1.165) is 23.7 Å². The molecule has 0 radical (unpaired) electrons. The van der Waals surface area contributed by atoms with Gasteiger partial charge in [-0.3, -0.25) is 0 Å². The van der Waals surface area contributed by atoms with E-state index in [1.165, 1.54) is 12.1 Å². The molecule has 3 N–H and O–H groups in total. The smallest absolute Gasteiger partial charge is 0.319 e. The zero-order valence-electron chi connectivity index (χ0n) is 15.1. The number of ether oxygens (including phenoxy) is 1. The lowest BCUT2D eigenvalue weighted by Gasteiger charge is -2.31. The molecule has 3 aromatic rings. The molecule has 0 spiro atoms. The predicted molar refractivity (Wildman–Crippen MR) is 104 cm³/mol. The van der Waals surface area contributed by atoms with Gasteiger partial charge in [0.05, 0.1) is 30.8 Å². The van der Waals surface area contributed by atoms with E-state index < -0.39 is 0 Å². The molecule has 0 unspecified atom stereocenters. The van der Waals surface area contributed by atoms with Crippen molar-refractivity contribution in [1.29, 1.82) is 0 Å². The number of benzene rings is 2. The number of urea groups is 1. The fraction of sp³-hybridized carbons (Fsp3) is 0.200. The molecule has 0 bridgehead atoms. The molecule has 2 aromatic carbocycles. The monoisotopic (exact) mass is 381 g/mol. The van der Waals surface area contributed by atoms with E-state index in [1.807, 2.05) is 12.1 Å². The van der Waals surface area contributed by atoms with E-state index in [-0.39, 0.29) is 18.4 Å².